The summed E-state index contributed by atoms with van der Waals surface area (Å²) in [5, 5.41) is 0. The molecule has 0 atom stereocenters. The Balaban J connectivity index is 2.64. The second-order valence-corrected chi connectivity index (χ2v) is 6.53. The molecule has 0 fully saturated rings. The van der Waals surface area contributed by atoms with Crippen molar-refractivity contribution in [3.63, 3.8) is 0 Å². The zero-order valence-electron chi connectivity index (χ0n) is 12.9. The van der Waals surface area contributed by atoms with Crippen LogP contribution in [0.5, 0.6) is 0 Å². The number of hydrogen-bond donors (Lipinski definition) is 0. The molecule has 0 heterocycles. The van der Waals surface area contributed by atoms with E-state index < -0.39 is 0 Å². The van der Waals surface area contributed by atoms with Crippen LogP contribution in [0.4, 0.5) is 0 Å². The second-order valence-electron chi connectivity index (χ2n) is 6.53. The summed E-state index contributed by atoms with van der Waals surface area (Å²) in [7, 11) is 0. The summed E-state index contributed by atoms with van der Waals surface area (Å²) in [6, 6.07) is 12.6. The monoisotopic (exact) mass is 266 g/mol. The molecule has 0 spiro atoms. The van der Waals surface area contributed by atoms with E-state index in [1.165, 1.54) is 22.3 Å². The lowest BCUT2D eigenvalue weighted by atomic mass is 9.84. The van der Waals surface area contributed by atoms with E-state index in [-0.39, 0.29) is 5.41 Å². The molecule has 0 saturated carbocycles. The molecule has 0 aliphatic carbocycles. The first-order valence-electron chi connectivity index (χ1n) is 6.99. The van der Waals surface area contributed by atoms with E-state index >= 15 is 0 Å². The van der Waals surface area contributed by atoms with E-state index in [0.717, 1.165) is 17.4 Å². The molecule has 0 N–H and O–H groups in total. The van der Waals surface area contributed by atoms with Gasteiger partial charge in [0.2, 0.25) is 0 Å². The fourth-order valence-electron chi connectivity index (χ4n) is 2.45. The maximum absolute atomic E-state index is 11.2. The fraction of sp³-hybridized carbons (Fsp3) is 0.316. The van der Waals surface area contributed by atoms with Crippen LogP contribution in [0.1, 0.15) is 47.8 Å². The van der Waals surface area contributed by atoms with Gasteiger partial charge in [0.15, 0.2) is 0 Å². The summed E-state index contributed by atoms with van der Waals surface area (Å²) in [6.07, 6.45) is 0.933. The molecule has 0 aliphatic heterocycles. The number of carbonyl (C=O) groups is 1. The molecule has 2 aromatic rings. The van der Waals surface area contributed by atoms with Crippen molar-refractivity contribution in [3.8, 4) is 11.1 Å². The topological polar surface area (TPSA) is 17.1 Å². The minimum atomic E-state index is 0.0341. The third kappa shape index (κ3) is 2.98. The molecule has 0 radical (unpaired) electrons. The maximum Gasteiger partial charge on any atom is 0.150 e. The molecule has 2 aromatic carbocycles. The molecule has 104 valence electrons. The summed E-state index contributed by atoms with van der Waals surface area (Å²) in [5.41, 5.74) is 6.79. The van der Waals surface area contributed by atoms with E-state index in [1.807, 2.05) is 12.1 Å². The van der Waals surface area contributed by atoms with Gasteiger partial charge < -0.3 is 0 Å². The quantitative estimate of drug-likeness (QED) is 0.693. The van der Waals surface area contributed by atoms with Crippen molar-refractivity contribution in [1.29, 1.82) is 0 Å². The average Bonchev–Trinajstić information content (AvgIpc) is 2.37. The molecule has 0 aromatic heterocycles. The summed E-state index contributed by atoms with van der Waals surface area (Å²) < 4.78 is 0. The Bertz CT molecular complexity index is 645. The van der Waals surface area contributed by atoms with Crippen LogP contribution in [0.25, 0.3) is 11.1 Å². The highest BCUT2D eigenvalue weighted by atomic mass is 16.1. The highest BCUT2D eigenvalue weighted by Crippen LogP contribution is 2.30. The summed E-state index contributed by atoms with van der Waals surface area (Å²) >= 11 is 0. The van der Waals surface area contributed by atoms with Crippen LogP contribution >= 0.6 is 0 Å². The first kappa shape index (κ1) is 14.5. The van der Waals surface area contributed by atoms with Gasteiger partial charge in [-0.1, -0.05) is 50.6 Å². The van der Waals surface area contributed by atoms with E-state index in [4.69, 9.17) is 0 Å². The van der Waals surface area contributed by atoms with Gasteiger partial charge in [-0.3, -0.25) is 4.79 Å². The van der Waals surface area contributed by atoms with Crippen molar-refractivity contribution >= 4 is 6.29 Å². The highest BCUT2D eigenvalue weighted by Gasteiger charge is 2.16. The molecule has 0 saturated heterocycles. The summed E-state index contributed by atoms with van der Waals surface area (Å²) in [5.74, 6) is 0. The van der Waals surface area contributed by atoms with E-state index in [0.29, 0.717) is 0 Å². The van der Waals surface area contributed by atoms with E-state index in [2.05, 4.69) is 58.9 Å². The third-order valence-corrected chi connectivity index (χ3v) is 3.65. The Kier molecular flexibility index (Phi) is 3.80. The van der Waals surface area contributed by atoms with Crippen LogP contribution < -0.4 is 0 Å². The van der Waals surface area contributed by atoms with Gasteiger partial charge in [-0.05, 0) is 53.6 Å². The van der Waals surface area contributed by atoms with Gasteiger partial charge in [0.25, 0.3) is 0 Å². The zero-order valence-corrected chi connectivity index (χ0v) is 12.9. The lowest BCUT2D eigenvalue weighted by molar-refractivity contribution is 0.112. The van der Waals surface area contributed by atoms with Crippen LogP contribution in [0.3, 0.4) is 0 Å². The smallest absolute Gasteiger partial charge is 0.150 e. The van der Waals surface area contributed by atoms with Gasteiger partial charge in [-0.15, -0.1) is 0 Å². The van der Waals surface area contributed by atoms with Crippen molar-refractivity contribution in [1.82, 2.24) is 0 Å². The zero-order chi connectivity index (χ0) is 14.9. The van der Waals surface area contributed by atoms with E-state index in [9.17, 15) is 4.79 Å². The fourth-order valence-corrected chi connectivity index (χ4v) is 2.45. The SMILES string of the molecule is Cc1ccc(-c2cc(C=O)cc(C(C)(C)C)c2)c(C)c1. The number of aryl methyl sites for hydroxylation is 2. The molecule has 1 nitrogen and oxygen atoms in total. The van der Waals surface area contributed by atoms with Crippen LogP contribution in [-0.2, 0) is 5.41 Å². The van der Waals surface area contributed by atoms with Gasteiger partial charge in [-0.25, -0.2) is 0 Å². The molecular weight excluding hydrogens is 244 g/mol. The lowest BCUT2D eigenvalue weighted by Crippen LogP contribution is -2.11. The average molecular weight is 266 g/mol. The van der Waals surface area contributed by atoms with Crippen LogP contribution in [-0.4, -0.2) is 6.29 Å². The van der Waals surface area contributed by atoms with Crippen molar-refractivity contribution < 1.29 is 4.79 Å². The first-order chi connectivity index (χ1) is 9.31. The van der Waals surface area contributed by atoms with Crippen LogP contribution in [0.15, 0.2) is 36.4 Å². The Morgan fingerprint density at radius 1 is 0.950 bits per heavy atom. The first-order valence-corrected chi connectivity index (χ1v) is 6.99. The Labute approximate surface area is 121 Å². The Morgan fingerprint density at radius 3 is 2.20 bits per heavy atom. The molecule has 20 heavy (non-hydrogen) atoms. The van der Waals surface area contributed by atoms with Crippen LogP contribution in [0.2, 0.25) is 0 Å². The molecule has 0 bridgehead atoms. The Morgan fingerprint density at radius 2 is 1.65 bits per heavy atom. The van der Waals surface area contributed by atoms with Gasteiger partial charge in [0.05, 0.1) is 0 Å². The molecule has 2 rings (SSSR count). The number of benzene rings is 2. The largest absolute Gasteiger partial charge is 0.298 e. The normalized spacial score (nSPS) is 11.4. The van der Waals surface area contributed by atoms with E-state index in [1.54, 1.807) is 0 Å². The van der Waals surface area contributed by atoms with Crippen LogP contribution in [0, 0.1) is 13.8 Å². The number of rotatable bonds is 2. The highest BCUT2D eigenvalue weighted by molar-refractivity contribution is 5.80. The molecular formula is C19H22O. The second kappa shape index (κ2) is 5.24. The Hall–Kier alpha value is -1.89. The summed E-state index contributed by atoms with van der Waals surface area (Å²) in [6.45, 7) is 10.7. The molecule has 1 heteroatoms. The van der Waals surface area contributed by atoms with Gasteiger partial charge >= 0.3 is 0 Å². The summed E-state index contributed by atoms with van der Waals surface area (Å²) in [4.78, 5) is 11.2. The van der Waals surface area contributed by atoms with Crippen molar-refractivity contribution in [2.24, 2.45) is 0 Å². The number of hydrogen-bond acceptors (Lipinski definition) is 1. The maximum atomic E-state index is 11.2. The minimum Gasteiger partial charge on any atom is -0.298 e. The number of aldehydes is 1. The van der Waals surface area contributed by atoms with Gasteiger partial charge in [-0.2, -0.15) is 0 Å². The van der Waals surface area contributed by atoms with Crippen molar-refractivity contribution in [3.05, 3.63) is 58.7 Å². The lowest BCUT2D eigenvalue weighted by Gasteiger charge is -2.21. The molecule has 0 unspecified atom stereocenters. The standard InChI is InChI=1S/C19H22O/c1-13-6-7-18(14(2)8-13)16-9-15(12-20)10-17(11-16)19(3,4)5/h6-12H,1-5H3. The van der Waals surface area contributed by atoms with Crippen molar-refractivity contribution in [2.75, 3.05) is 0 Å². The minimum absolute atomic E-state index is 0.0341. The molecule has 0 aliphatic rings. The predicted molar refractivity (Wildman–Crippen MR) is 85.4 cm³/mol. The molecule has 0 amide bonds. The van der Waals surface area contributed by atoms with Gasteiger partial charge in [0, 0.05) is 5.56 Å². The number of carbonyl (C=O) groups excluding carboxylic acids is 1. The van der Waals surface area contributed by atoms with Gasteiger partial charge in [0.1, 0.15) is 6.29 Å². The third-order valence-electron chi connectivity index (χ3n) is 3.65. The van der Waals surface area contributed by atoms with Crippen molar-refractivity contribution in [2.45, 2.75) is 40.0 Å². The predicted octanol–water partition coefficient (Wildman–Crippen LogP) is 5.08.